The predicted octanol–water partition coefficient (Wildman–Crippen LogP) is 7.44. The van der Waals surface area contributed by atoms with Crippen molar-refractivity contribution in [2.75, 3.05) is 6.61 Å². The summed E-state index contributed by atoms with van der Waals surface area (Å²) in [5, 5.41) is 20.1. The van der Waals surface area contributed by atoms with E-state index in [1.807, 2.05) is 0 Å². The minimum absolute atomic E-state index is 0.0347. The fraction of sp³-hybridized carbons (Fsp3) is 0.686. The van der Waals surface area contributed by atoms with Gasteiger partial charge in [-0.05, 0) is 148 Å². The lowest BCUT2D eigenvalue weighted by Gasteiger charge is -2.57. The number of rotatable bonds is 5. The molecule has 11 atom stereocenters. The van der Waals surface area contributed by atoms with E-state index in [9.17, 15) is 15.2 Å². The first-order valence-electron chi connectivity index (χ1n) is 16.1. The van der Waals surface area contributed by atoms with Crippen LogP contribution in [0.5, 0.6) is 5.88 Å². The van der Waals surface area contributed by atoms with Gasteiger partial charge in [-0.3, -0.25) is 4.79 Å². The molecular weight excluding hydrogens is 496 g/mol. The van der Waals surface area contributed by atoms with Gasteiger partial charge in [0.25, 0.3) is 0 Å². The molecular formula is C35H44N2O3. The topological polar surface area (TPSA) is 83.2 Å². The van der Waals surface area contributed by atoms with Crippen LogP contribution in [0, 0.1) is 75.9 Å². The number of pyridine rings is 1. The van der Waals surface area contributed by atoms with Gasteiger partial charge in [0.05, 0.1) is 0 Å². The zero-order valence-corrected chi connectivity index (χ0v) is 23.7. The number of nitriles is 1. The van der Waals surface area contributed by atoms with Gasteiger partial charge in [-0.2, -0.15) is 5.26 Å². The molecule has 11 unspecified atom stereocenters. The Kier molecular flexibility index (Phi) is 7.01. The summed E-state index contributed by atoms with van der Waals surface area (Å²) in [5.74, 6) is 6.97. The van der Waals surface area contributed by atoms with Crippen LogP contribution in [0.25, 0.3) is 0 Å². The maximum absolute atomic E-state index is 13.0. The van der Waals surface area contributed by atoms with Gasteiger partial charge in [0.15, 0.2) is 0 Å². The van der Waals surface area contributed by atoms with E-state index in [0.29, 0.717) is 17.9 Å². The molecule has 40 heavy (non-hydrogen) atoms. The van der Waals surface area contributed by atoms with Crippen molar-refractivity contribution in [3.05, 3.63) is 48.2 Å². The Labute approximate surface area is 239 Å². The molecule has 0 saturated heterocycles. The normalized spacial score (nSPS) is 43.5. The average Bonchev–Trinajstić information content (AvgIpc) is 3.49. The van der Waals surface area contributed by atoms with Crippen LogP contribution in [0.3, 0.4) is 0 Å². The molecule has 4 fully saturated rings. The Bertz CT molecular complexity index is 1220. The van der Waals surface area contributed by atoms with E-state index in [0.717, 1.165) is 66.6 Å². The number of carbonyl (C=O) groups is 1. The summed E-state index contributed by atoms with van der Waals surface area (Å²) >= 11 is 0. The molecule has 212 valence electrons. The van der Waals surface area contributed by atoms with E-state index in [1.165, 1.54) is 51.4 Å². The smallest absolute Gasteiger partial charge is 0.313 e. The summed E-state index contributed by atoms with van der Waals surface area (Å²) in [6, 6.07) is 5.52. The number of carboxylic acid groups (broad SMARTS) is 1. The highest BCUT2D eigenvalue weighted by Gasteiger charge is 2.55. The Morgan fingerprint density at radius 1 is 0.950 bits per heavy atom. The van der Waals surface area contributed by atoms with Crippen LogP contribution in [-0.2, 0) is 4.79 Å². The second kappa shape index (κ2) is 10.7. The van der Waals surface area contributed by atoms with Gasteiger partial charge in [-0.25, -0.2) is 4.98 Å². The molecule has 0 amide bonds. The standard InChI is InChI=1S/C35H44N2O3/c36-20-25-6-4-18-37-33(25)40-21-35(34(38)39)17-2-1-8-32(35)24-11-12-27-23(19-24)10-14-31-29(27)16-15-28-26-7-3-5-22(26)9-13-30(28)31/h1,3-6,8,18,22-24,26-32H,2,7,9-17,19,21H2,(H,38,39). The quantitative estimate of drug-likeness (QED) is 0.392. The highest BCUT2D eigenvalue weighted by Crippen LogP contribution is 2.61. The summed E-state index contributed by atoms with van der Waals surface area (Å²) in [5.41, 5.74) is -0.615. The Morgan fingerprint density at radius 3 is 2.50 bits per heavy atom. The number of allylic oxidation sites excluding steroid dienone is 4. The van der Waals surface area contributed by atoms with Gasteiger partial charge in [0, 0.05) is 6.20 Å². The minimum Gasteiger partial charge on any atom is -0.481 e. The van der Waals surface area contributed by atoms with Crippen molar-refractivity contribution in [3.8, 4) is 11.9 Å². The summed E-state index contributed by atoms with van der Waals surface area (Å²) in [4.78, 5) is 17.2. The summed E-state index contributed by atoms with van der Waals surface area (Å²) in [7, 11) is 0. The number of hydrogen-bond donors (Lipinski definition) is 1. The first kappa shape index (κ1) is 26.3. The second-order valence-electron chi connectivity index (χ2n) is 14.1. The van der Waals surface area contributed by atoms with Crippen LogP contribution in [0.1, 0.15) is 82.6 Å². The largest absolute Gasteiger partial charge is 0.481 e. The van der Waals surface area contributed by atoms with Crippen molar-refractivity contribution in [2.24, 2.45) is 64.6 Å². The van der Waals surface area contributed by atoms with Crippen molar-refractivity contribution in [2.45, 2.75) is 77.0 Å². The zero-order chi connectivity index (χ0) is 27.3. The lowest BCUT2D eigenvalue weighted by molar-refractivity contribution is -0.158. The molecule has 0 radical (unpaired) electrons. The summed E-state index contributed by atoms with van der Waals surface area (Å²) in [6.45, 7) is 0.0679. The molecule has 6 aliphatic carbocycles. The Balaban J connectivity index is 1.06. The first-order chi connectivity index (χ1) is 19.6. The van der Waals surface area contributed by atoms with Crippen LogP contribution < -0.4 is 4.74 Å². The number of aliphatic carboxylic acids is 1. The third kappa shape index (κ3) is 4.32. The molecule has 4 saturated carbocycles. The van der Waals surface area contributed by atoms with Crippen molar-refractivity contribution in [1.29, 1.82) is 5.26 Å². The SMILES string of the molecule is N#Cc1cccnc1OCC1(C(=O)O)CCC=CC1C1CCC2C(CCC3C2CCC2C4CC=CC4CCC23)C1. The molecule has 7 rings (SSSR count). The van der Waals surface area contributed by atoms with E-state index in [1.54, 1.807) is 18.3 Å². The van der Waals surface area contributed by atoms with Crippen LogP contribution in [0.2, 0.25) is 0 Å². The highest BCUT2D eigenvalue weighted by atomic mass is 16.5. The van der Waals surface area contributed by atoms with E-state index in [-0.39, 0.29) is 18.4 Å². The van der Waals surface area contributed by atoms with Crippen LogP contribution in [0.4, 0.5) is 0 Å². The maximum atomic E-state index is 13.0. The number of nitrogens with zero attached hydrogens (tertiary/aromatic N) is 2. The number of aromatic nitrogens is 1. The molecule has 1 N–H and O–H groups in total. The fourth-order valence-corrected chi connectivity index (χ4v) is 11.0. The van der Waals surface area contributed by atoms with Gasteiger partial charge in [-0.15, -0.1) is 0 Å². The Morgan fingerprint density at radius 2 is 1.68 bits per heavy atom. The van der Waals surface area contributed by atoms with Crippen molar-refractivity contribution in [1.82, 2.24) is 4.98 Å². The molecule has 0 spiro atoms. The summed E-state index contributed by atoms with van der Waals surface area (Å²) in [6.07, 6.45) is 25.7. The zero-order valence-electron chi connectivity index (χ0n) is 23.7. The molecule has 5 nitrogen and oxygen atoms in total. The third-order valence-corrected chi connectivity index (χ3v) is 12.7. The molecule has 5 heteroatoms. The monoisotopic (exact) mass is 540 g/mol. The van der Waals surface area contributed by atoms with Crippen molar-refractivity contribution >= 4 is 5.97 Å². The van der Waals surface area contributed by atoms with Gasteiger partial charge in [-0.1, -0.05) is 24.3 Å². The molecule has 6 aliphatic rings. The average molecular weight is 541 g/mol. The van der Waals surface area contributed by atoms with E-state index in [4.69, 9.17) is 4.74 Å². The van der Waals surface area contributed by atoms with Gasteiger partial charge < -0.3 is 9.84 Å². The molecule has 0 aromatic carbocycles. The van der Waals surface area contributed by atoms with Crippen molar-refractivity contribution < 1.29 is 14.6 Å². The van der Waals surface area contributed by atoms with E-state index in [2.05, 4.69) is 35.4 Å². The van der Waals surface area contributed by atoms with Crippen molar-refractivity contribution in [3.63, 3.8) is 0 Å². The minimum atomic E-state index is -0.973. The van der Waals surface area contributed by atoms with Crippen LogP contribution in [-0.4, -0.2) is 22.7 Å². The van der Waals surface area contributed by atoms with Gasteiger partial charge >= 0.3 is 5.97 Å². The molecule has 0 aliphatic heterocycles. The number of hydrogen-bond acceptors (Lipinski definition) is 4. The number of ether oxygens (including phenoxy) is 1. The van der Waals surface area contributed by atoms with Gasteiger partial charge in [0.2, 0.25) is 5.88 Å². The number of fused-ring (bicyclic) bond motifs is 7. The maximum Gasteiger partial charge on any atom is 0.313 e. The molecule has 1 aromatic heterocycles. The summed E-state index contributed by atoms with van der Waals surface area (Å²) < 4.78 is 6.06. The predicted molar refractivity (Wildman–Crippen MR) is 153 cm³/mol. The highest BCUT2D eigenvalue weighted by molar-refractivity contribution is 5.76. The first-order valence-corrected chi connectivity index (χ1v) is 16.1. The van der Waals surface area contributed by atoms with E-state index >= 15 is 0 Å². The fourth-order valence-electron chi connectivity index (χ4n) is 11.0. The van der Waals surface area contributed by atoms with Crippen LogP contribution in [0.15, 0.2) is 42.6 Å². The van der Waals surface area contributed by atoms with Crippen LogP contribution >= 0.6 is 0 Å². The molecule has 1 aromatic rings. The Hall–Kier alpha value is -2.61. The molecule has 1 heterocycles. The lowest BCUT2D eigenvalue weighted by Crippen LogP contribution is -2.51. The molecule has 0 bridgehead atoms. The third-order valence-electron chi connectivity index (χ3n) is 12.7. The van der Waals surface area contributed by atoms with Gasteiger partial charge in [0.1, 0.15) is 23.7 Å². The second-order valence-corrected chi connectivity index (χ2v) is 14.1. The van der Waals surface area contributed by atoms with E-state index < -0.39 is 11.4 Å². The number of carboxylic acids is 1. The lowest BCUT2D eigenvalue weighted by atomic mass is 9.48.